The monoisotopic (exact) mass is 1330 g/mol. The fourth-order valence-corrected chi connectivity index (χ4v) is 15.6. The third kappa shape index (κ3) is 9.20. The molecule has 0 fully saturated rings. The molecule has 6 nitrogen and oxygen atoms in total. The molecule has 0 saturated carbocycles. The van der Waals surface area contributed by atoms with Crippen LogP contribution in [0.3, 0.4) is 0 Å². The van der Waals surface area contributed by atoms with E-state index in [2.05, 4.69) is 296 Å². The lowest BCUT2D eigenvalue weighted by atomic mass is 9.91. The van der Waals surface area contributed by atoms with Gasteiger partial charge in [0.05, 0.1) is 28.4 Å². The SMILES string of the molecule is Brc1cc(Br)c2ccc3cccc4ccc1c2c43.c1ccc(N(c2cc(N(c3ccccc3)c3cccc4c3oc3ccccc34)c3ccc4cccc5ccc2c3c54)c2cccc3c2oc2ccccc23)cc1.c1ccc(Nc2cccc3c2oc2ccccc23)cc1. The molecule has 94 heavy (non-hydrogen) atoms. The smallest absolute Gasteiger partial charge is 0.159 e. The zero-order valence-electron chi connectivity index (χ0n) is 50.4. The molecule has 0 spiro atoms. The van der Waals surface area contributed by atoms with E-state index in [1.54, 1.807) is 0 Å². The molecule has 3 heterocycles. The number of benzene rings is 17. The van der Waals surface area contributed by atoms with Gasteiger partial charge in [-0.1, -0.05) is 262 Å². The number of furan rings is 3. The molecule has 0 saturated heterocycles. The van der Waals surface area contributed by atoms with E-state index < -0.39 is 0 Å². The molecule has 1 N–H and O–H groups in total. The zero-order valence-corrected chi connectivity index (χ0v) is 53.6. The zero-order chi connectivity index (χ0) is 62.4. The molecular formula is C86H53Br2N3O3. The summed E-state index contributed by atoms with van der Waals surface area (Å²) in [6.45, 7) is 0. The second-order valence-corrected chi connectivity index (χ2v) is 25.4. The van der Waals surface area contributed by atoms with Crippen LogP contribution in [-0.4, -0.2) is 0 Å². The molecule has 8 heteroatoms. The standard InChI is InChI=1S/C52H32N2O2.C18H13NO.C16H8Br2/c1-3-16-35(17-4-1)53(43-24-12-22-39-37-20-7-9-26-47(37)55-51(39)43)45-32-46(42-31-29-34-15-11-14-33-28-30-41(45)50(42)49(33)34)54(36-18-5-2-6-19-36)44-25-13-23-40-38-21-8-10-27-48(38)56-52(40)44;1-2-7-13(8-3-1)19-16-11-6-10-15-14-9-4-5-12-17(14)20-18(15)16;17-13-8-14(18)12-7-5-10-3-1-2-9-4-6-11(13)16(12)15(9)10/h1-32H;1-12,19H;1-8H. The lowest BCUT2D eigenvalue weighted by Gasteiger charge is -2.32. The maximum atomic E-state index is 6.76. The van der Waals surface area contributed by atoms with Gasteiger partial charge in [0.1, 0.15) is 16.7 Å². The number of para-hydroxylation sites is 9. The van der Waals surface area contributed by atoms with Crippen molar-refractivity contribution in [3.05, 3.63) is 324 Å². The molecule has 0 amide bonds. The van der Waals surface area contributed by atoms with Crippen LogP contribution in [0.5, 0.6) is 0 Å². The quantitative estimate of drug-likeness (QED) is 0.153. The van der Waals surface area contributed by atoms with Crippen molar-refractivity contribution in [1.29, 1.82) is 0 Å². The van der Waals surface area contributed by atoms with Crippen LogP contribution in [0.15, 0.2) is 338 Å². The van der Waals surface area contributed by atoms with E-state index in [1.807, 2.05) is 66.7 Å². The van der Waals surface area contributed by atoms with Crippen LogP contribution in [0.2, 0.25) is 0 Å². The highest BCUT2D eigenvalue weighted by Gasteiger charge is 2.28. The second kappa shape index (κ2) is 22.8. The molecule has 0 unspecified atom stereocenters. The Hall–Kier alpha value is -11.4. The molecule has 0 aliphatic heterocycles. The Morgan fingerprint density at radius 1 is 0.245 bits per heavy atom. The lowest BCUT2D eigenvalue weighted by molar-refractivity contribution is 0.669. The van der Waals surface area contributed by atoms with Crippen molar-refractivity contribution in [3.63, 3.8) is 0 Å². The van der Waals surface area contributed by atoms with Gasteiger partial charge in [0.15, 0.2) is 16.7 Å². The second-order valence-electron chi connectivity index (χ2n) is 23.7. The van der Waals surface area contributed by atoms with Gasteiger partial charge < -0.3 is 28.4 Å². The van der Waals surface area contributed by atoms with Gasteiger partial charge in [0.25, 0.3) is 0 Å². The highest BCUT2D eigenvalue weighted by molar-refractivity contribution is 9.11. The number of halogens is 2. The molecule has 17 aromatic carbocycles. The summed E-state index contributed by atoms with van der Waals surface area (Å²) in [6, 6.07) is 111. The number of anilines is 8. The van der Waals surface area contributed by atoms with Gasteiger partial charge in [0.2, 0.25) is 0 Å². The van der Waals surface area contributed by atoms with Crippen LogP contribution in [0.1, 0.15) is 0 Å². The third-order valence-electron chi connectivity index (χ3n) is 18.4. The summed E-state index contributed by atoms with van der Waals surface area (Å²) in [6.07, 6.45) is 0. The molecule has 3 aromatic heterocycles. The Bertz CT molecular complexity index is 5970. The van der Waals surface area contributed by atoms with Crippen molar-refractivity contribution in [2.24, 2.45) is 0 Å². The minimum Gasteiger partial charge on any atom is -0.454 e. The summed E-state index contributed by atoms with van der Waals surface area (Å²) < 4.78 is 21.8. The molecule has 444 valence electrons. The normalized spacial score (nSPS) is 11.7. The first-order valence-corrected chi connectivity index (χ1v) is 33.0. The van der Waals surface area contributed by atoms with Crippen molar-refractivity contribution in [2.75, 3.05) is 15.1 Å². The average Bonchev–Trinajstić information content (AvgIpc) is 0.895. The van der Waals surface area contributed by atoms with Gasteiger partial charge in [-0.2, -0.15) is 0 Å². The number of hydrogen-bond acceptors (Lipinski definition) is 6. The fourth-order valence-electron chi connectivity index (χ4n) is 14.2. The van der Waals surface area contributed by atoms with E-state index in [0.29, 0.717) is 0 Å². The molecule has 20 aromatic rings. The van der Waals surface area contributed by atoms with E-state index in [-0.39, 0.29) is 0 Å². The summed E-state index contributed by atoms with van der Waals surface area (Å²) in [5.41, 5.74) is 13.4. The average molecular weight is 1340 g/mol. The Kier molecular flexibility index (Phi) is 13.4. The van der Waals surface area contributed by atoms with Crippen molar-refractivity contribution >= 4 is 208 Å². The highest BCUT2D eigenvalue weighted by Crippen LogP contribution is 2.53. The van der Waals surface area contributed by atoms with Crippen LogP contribution in [0.25, 0.3) is 130 Å². The van der Waals surface area contributed by atoms with Gasteiger partial charge >= 0.3 is 0 Å². The Morgan fingerprint density at radius 3 is 1.05 bits per heavy atom. The number of nitrogens with one attached hydrogen (secondary N) is 1. The summed E-state index contributed by atoms with van der Waals surface area (Å²) in [4.78, 5) is 4.76. The summed E-state index contributed by atoms with van der Waals surface area (Å²) in [5, 5.41) is 25.1. The first-order chi connectivity index (χ1) is 46.5. The van der Waals surface area contributed by atoms with Crippen LogP contribution in [0, 0.1) is 0 Å². The predicted octanol–water partition coefficient (Wildman–Crippen LogP) is 26.8. The molecule has 0 aliphatic carbocycles. The summed E-state index contributed by atoms with van der Waals surface area (Å²) in [5.74, 6) is 0. The fraction of sp³-hybridized carbons (Fsp3) is 0. The summed E-state index contributed by atoms with van der Waals surface area (Å²) >= 11 is 7.32. The topological polar surface area (TPSA) is 57.9 Å². The third-order valence-corrected chi connectivity index (χ3v) is 19.7. The molecule has 0 atom stereocenters. The lowest BCUT2D eigenvalue weighted by Crippen LogP contribution is -2.14. The van der Waals surface area contributed by atoms with Crippen molar-refractivity contribution in [2.45, 2.75) is 0 Å². The van der Waals surface area contributed by atoms with Crippen molar-refractivity contribution in [3.8, 4) is 0 Å². The highest BCUT2D eigenvalue weighted by atomic mass is 79.9. The minimum absolute atomic E-state index is 0.844. The maximum Gasteiger partial charge on any atom is 0.159 e. The van der Waals surface area contributed by atoms with Gasteiger partial charge in [-0.3, -0.25) is 0 Å². The van der Waals surface area contributed by atoms with Gasteiger partial charge in [-0.15, -0.1) is 0 Å². The predicted molar refractivity (Wildman–Crippen MR) is 403 cm³/mol. The largest absolute Gasteiger partial charge is 0.454 e. The first kappa shape index (κ1) is 55.4. The minimum atomic E-state index is 0.844. The number of rotatable bonds is 8. The van der Waals surface area contributed by atoms with Gasteiger partial charge in [-0.05, 0) is 133 Å². The van der Waals surface area contributed by atoms with Gasteiger partial charge in [-0.25, -0.2) is 0 Å². The van der Waals surface area contributed by atoms with Gasteiger partial charge in [0, 0.05) is 74.5 Å². The summed E-state index contributed by atoms with van der Waals surface area (Å²) in [7, 11) is 0. The molecule has 0 bridgehead atoms. The molecule has 0 radical (unpaired) electrons. The molecule has 0 aliphatic rings. The van der Waals surface area contributed by atoms with E-state index in [1.165, 1.54) is 53.9 Å². The van der Waals surface area contributed by atoms with E-state index in [4.69, 9.17) is 13.3 Å². The first-order valence-electron chi connectivity index (χ1n) is 31.4. The van der Waals surface area contributed by atoms with Crippen LogP contribution >= 0.6 is 31.9 Å². The van der Waals surface area contributed by atoms with Crippen molar-refractivity contribution in [1.82, 2.24) is 0 Å². The van der Waals surface area contributed by atoms with Crippen molar-refractivity contribution < 1.29 is 13.3 Å². The Morgan fingerprint density at radius 2 is 0.596 bits per heavy atom. The molecule has 20 rings (SSSR count). The Balaban J connectivity index is 0.000000137. The molecular weight excluding hydrogens is 1280 g/mol. The van der Waals surface area contributed by atoms with Crippen LogP contribution in [0.4, 0.5) is 45.5 Å². The van der Waals surface area contributed by atoms with Crippen LogP contribution < -0.4 is 15.1 Å². The number of nitrogens with zero attached hydrogens (tertiary/aromatic N) is 2. The van der Waals surface area contributed by atoms with Crippen LogP contribution in [-0.2, 0) is 0 Å². The van der Waals surface area contributed by atoms with E-state index >= 15 is 0 Å². The Labute approximate surface area is 556 Å². The maximum absolute atomic E-state index is 6.76. The van der Waals surface area contributed by atoms with E-state index in [0.717, 1.165) is 131 Å². The number of hydrogen-bond donors (Lipinski definition) is 1. The van der Waals surface area contributed by atoms with E-state index in [9.17, 15) is 0 Å². The number of fused-ring (bicyclic) bond motifs is 9.